The zero-order valence-electron chi connectivity index (χ0n) is 16.0. The fourth-order valence-corrected chi connectivity index (χ4v) is 3.37. The molecule has 2 heterocycles. The molecule has 1 atom stereocenters. The molecule has 0 saturated carbocycles. The second-order valence-corrected chi connectivity index (χ2v) is 6.96. The molecule has 0 spiro atoms. The van der Waals surface area contributed by atoms with Gasteiger partial charge in [-0.25, -0.2) is 4.68 Å². The first-order valence-corrected chi connectivity index (χ1v) is 9.16. The molecule has 1 amide bonds. The van der Waals surface area contributed by atoms with Gasteiger partial charge in [0.25, 0.3) is 5.56 Å². The highest BCUT2D eigenvalue weighted by Gasteiger charge is 2.22. The summed E-state index contributed by atoms with van der Waals surface area (Å²) < 4.78 is 7.11. The Balaban J connectivity index is 1.60. The van der Waals surface area contributed by atoms with E-state index in [9.17, 15) is 9.59 Å². The number of hydrogen-bond donors (Lipinski definition) is 0. The molecule has 0 N–H and O–H groups in total. The summed E-state index contributed by atoms with van der Waals surface area (Å²) in [7, 11) is 1.71. The molecule has 6 nitrogen and oxygen atoms in total. The maximum Gasteiger partial charge on any atom is 0.275 e. The third-order valence-electron chi connectivity index (χ3n) is 5.17. The van der Waals surface area contributed by atoms with Crippen LogP contribution in [0.3, 0.4) is 0 Å². The normalized spacial score (nSPS) is 12.4. The molecule has 4 aromatic rings. The Morgan fingerprint density at radius 2 is 1.82 bits per heavy atom. The second-order valence-electron chi connectivity index (χ2n) is 6.96. The predicted molar refractivity (Wildman–Crippen MR) is 108 cm³/mol. The van der Waals surface area contributed by atoms with Gasteiger partial charge in [0.05, 0.1) is 17.1 Å². The van der Waals surface area contributed by atoms with E-state index in [1.54, 1.807) is 18.0 Å². The first kappa shape index (κ1) is 18.0. The van der Waals surface area contributed by atoms with Crippen LogP contribution in [0.4, 0.5) is 0 Å². The fraction of sp³-hybridized carbons (Fsp3) is 0.227. The Hall–Kier alpha value is -3.41. The number of hydrogen-bond acceptors (Lipinski definition) is 4. The highest BCUT2D eigenvalue weighted by Crippen LogP contribution is 2.26. The summed E-state index contributed by atoms with van der Waals surface area (Å²) in [6.07, 6.45) is 0. The molecule has 0 bridgehead atoms. The van der Waals surface area contributed by atoms with Gasteiger partial charge in [-0.2, -0.15) is 5.10 Å². The van der Waals surface area contributed by atoms with Crippen molar-refractivity contribution >= 4 is 27.6 Å². The standard InChI is InChI=1S/C22H21N3O3/c1-14-17-9-5-6-10-18(17)22(27)25(23-14)13-21(26)24(3)15(2)20-12-16-8-4-7-11-19(16)28-20/h4-12,15H,13H2,1-3H3. The van der Waals surface area contributed by atoms with Crippen LogP contribution in [0.2, 0.25) is 0 Å². The highest BCUT2D eigenvalue weighted by atomic mass is 16.3. The van der Waals surface area contributed by atoms with Gasteiger partial charge < -0.3 is 9.32 Å². The number of nitrogens with zero attached hydrogens (tertiary/aromatic N) is 3. The van der Waals surface area contributed by atoms with Crippen LogP contribution in [0.15, 0.2) is 63.8 Å². The molecule has 0 saturated heterocycles. The van der Waals surface area contributed by atoms with Crippen LogP contribution in [0.5, 0.6) is 0 Å². The number of carbonyl (C=O) groups excluding carboxylic acids is 1. The van der Waals surface area contributed by atoms with Crippen molar-refractivity contribution in [3.05, 3.63) is 76.4 Å². The Morgan fingerprint density at radius 3 is 2.57 bits per heavy atom. The number of rotatable bonds is 4. The summed E-state index contributed by atoms with van der Waals surface area (Å²) in [5, 5.41) is 6.69. The number of para-hydroxylation sites is 1. The molecule has 4 rings (SSSR count). The average molecular weight is 375 g/mol. The lowest BCUT2D eigenvalue weighted by Gasteiger charge is -2.23. The monoisotopic (exact) mass is 375 g/mol. The number of benzene rings is 2. The molecule has 2 aromatic heterocycles. The van der Waals surface area contributed by atoms with Gasteiger partial charge in [-0.05, 0) is 32.0 Å². The van der Waals surface area contributed by atoms with E-state index in [0.717, 1.165) is 22.0 Å². The van der Waals surface area contributed by atoms with Crippen molar-refractivity contribution in [2.75, 3.05) is 7.05 Å². The van der Waals surface area contributed by atoms with Gasteiger partial charge in [-0.3, -0.25) is 9.59 Å². The Morgan fingerprint density at radius 1 is 1.14 bits per heavy atom. The van der Waals surface area contributed by atoms with Crippen LogP contribution in [0.25, 0.3) is 21.7 Å². The van der Waals surface area contributed by atoms with Crippen LogP contribution >= 0.6 is 0 Å². The molecule has 0 fully saturated rings. The molecule has 6 heteroatoms. The molecule has 2 aromatic carbocycles. The summed E-state index contributed by atoms with van der Waals surface area (Å²) in [5.41, 5.74) is 1.24. The maximum atomic E-state index is 12.8. The summed E-state index contributed by atoms with van der Waals surface area (Å²) in [6, 6.07) is 16.7. The lowest BCUT2D eigenvalue weighted by molar-refractivity contribution is -0.133. The van der Waals surface area contributed by atoms with Crippen LogP contribution in [0.1, 0.15) is 24.4 Å². The summed E-state index contributed by atoms with van der Waals surface area (Å²) in [5.74, 6) is 0.490. The first-order valence-electron chi connectivity index (χ1n) is 9.16. The summed E-state index contributed by atoms with van der Waals surface area (Å²) >= 11 is 0. The topological polar surface area (TPSA) is 68.3 Å². The number of furan rings is 1. The molecular formula is C22H21N3O3. The molecule has 0 aliphatic heterocycles. The van der Waals surface area contributed by atoms with Crippen LogP contribution in [-0.4, -0.2) is 27.6 Å². The van der Waals surface area contributed by atoms with E-state index >= 15 is 0 Å². The van der Waals surface area contributed by atoms with Crippen molar-refractivity contribution in [3.8, 4) is 0 Å². The molecule has 142 valence electrons. The van der Waals surface area contributed by atoms with E-state index < -0.39 is 0 Å². The number of fused-ring (bicyclic) bond motifs is 2. The largest absolute Gasteiger partial charge is 0.459 e. The SMILES string of the molecule is Cc1nn(CC(=O)N(C)C(C)c2cc3ccccc3o2)c(=O)c2ccccc12. The van der Waals surface area contributed by atoms with Gasteiger partial charge in [0.1, 0.15) is 17.9 Å². The molecule has 0 radical (unpaired) electrons. The Bertz CT molecular complexity index is 1210. The molecule has 28 heavy (non-hydrogen) atoms. The highest BCUT2D eigenvalue weighted by molar-refractivity contribution is 5.84. The number of aryl methyl sites for hydroxylation is 1. The minimum atomic E-state index is -0.267. The lowest BCUT2D eigenvalue weighted by atomic mass is 10.1. The van der Waals surface area contributed by atoms with Gasteiger partial charge in [0.15, 0.2) is 0 Å². The third-order valence-corrected chi connectivity index (χ3v) is 5.17. The van der Waals surface area contributed by atoms with Crippen molar-refractivity contribution < 1.29 is 9.21 Å². The Kier molecular flexibility index (Phi) is 4.47. The number of likely N-dealkylation sites (N-methyl/N-ethyl adjacent to an activating group) is 1. The quantitative estimate of drug-likeness (QED) is 0.546. The third kappa shape index (κ3) is 3.07. The number of carbonyl (C=O) groups is 1. The smallest absolute Gasteiger partial charge is 0.275 e. The lowest BCUT2D eigenvalue weighted by Crippen LogP contribution is -2.36. The number of amides is 1. The van der Waals surface area contributed by atoms with E-state index in [1.807, 2.05) is 62.4 Å². The first-order chi connectivity index (χ1) is 13.5. The van der Waals surface area contributed by atoms with Crippen LogP contribution in [0, 0.1) is 6.92 Å². The van der Waals surface area contributed by atoms with Crippen molar-refractivity contribution in [2.45, 2.75) is 26.4 Å². The average Bonchev–Trinajstić information content (AvgIpc) is 3.15. The maximum absolute atomic E-state index is 12.8. The van der Waals surface area contributed by atoms with E-state index in [2.05, 4.69) is 5.10 Å². The number of aromatic nitrogens is 2. The molecule has 0 aliphatic rings. The van der Waals surface area contributed by atoms with Gasteiger partial charge in [-0.1, -0.05) is 36.4 Å². The molecular weight excluding hydrogens is 354 g/mol. The van der Waals surface area contributed by atoms with Crippen LogP contribution < -0.4 is 5.56 Å². The minimum absolute atomic E-state index is 0.119. The van der Waals surface area contributed by atoms with E-state index in [0.29, 0.717) is 11.1 Å². The van der Waals surface area contributed by atoms with Gasteiger partial charge >= 0.3 is 0 Å². The zero-order valence-corrected chi connectivity index (χ0v) is 16.0. The van der Waals surface area contributed by atoms with Crippen LogP contribution in [-0.2, 0) is 11.3 Å². The van der Waals surface area contributed by atoms with Crippen molar-refractivity contribution in [1.82, 2.24) is 14.7 Å². The van der Waals surface area contributed by atoms with Gasteiger partial charge in [0, 0.05) is 17.8 Å². The van der Waals surface area contributed by atoms with Crippen molar-refractivity contribution in [3.63, 3.8) is 0 Å². The van der Waals surface area contributed by atoms with Gasteiger partial charge in [-0.15, -0.1) is 0 Å². The second kappa shape index (κ2) is 6.96. The van der Waals surface area contributed by atoms with E-state index in [-0.39, 0.29) is 24.1 Å². The van der Waals surface area contributed by atoms with Crippen molar-refractivity contribution in [2.24, 2.45) is 0 Å². The molecule has 1 unspecified atom stereocenters. The minimum Gasteiger partial charge on any atom is -0.459 e. The van der Waals surface area contributed by atoms with Gasteiger partial charge in [0.2, 0.25) is 5.91 Å². The summed E-state index contributed by atoms with van der Waals surface area (Å²) in [4.78, 5) is 27.1. The Labute approximate surface area is 162 Å². The zero-order chi connectivity index (χ0) is 19.8. The summed E-state index contributed by atoms with van der Waals surface area (Å²) in [6.45, 7) is 3.62. The van der Waals surface area contributed by atoms with E-state index in [4.69, 9.17) is 4.42 Å². The van der Waals surface area contributed by atoms with Crippen molar-refractivity contribution in [1.29, 1.82) is 0 Å². The van der Waals surface area contributed by atoms with E-state index in [1.165, 1.54) is 4.68 Å². The molecule has 0 aliphatic carbocycles. The fourth-order valence-electron chi connectivity index (χ4n) is 3.37. The predicted octanol–water partition coefficient (Wildman–Crippen LogP) is 3.67.